The van der Waals surface area contributed by atoms with Gasteiger partial charge in [-0.15, -0.1) is 11.3 Å². The fourth-order valence-corrected chi connectivity index (χ4v) is 6.32. The van der Waals surface area contributed by atoms with Crippen molar-refractivity contribution in [3.63, 3.8) is 0 Å². The number of aryl methyl sites for hydroxylation is 1. The van der Waals surface area contributed by atoms with Crippen LogP contribution in [0.25, 0.3) is 0 Å². The summed E-state index contributed by atoms with van der Waals surface area (Å²) in [6.45, 7) is 8.24. The highest BCUT2D eigenvalue weighted by Gasteiger charge is 2.32. The first-order valence-electron chi connectivity index (χ1n) is 7.08. The minimum atomic E-state index is -3.32. The predicted octanol–water partition coefficient (Wildman–Crippen LogP) is 2.44. The molecule has 0 aliphatic carbocycles. The average molecular weight is 316 g/mol. The standard InChI is InChI=1S/C14H24N2O2S2/c1-10-5-11(2)9-16(8-10)20(17,18)14-6-12(3)13(19-14)7-15-4/h6,10-11,15H,5,7-9H2,1-4H3. The molecule has 0 radical (unpaired) electrons. The highest BCUT2D eigenvalue weighted by atomic mass is 32.2. The van der Waals surface area contributed by atoms with Crippen molar-refractivity contribution in [2.24, 2.45) is 11.8 Å². The number of rotatable bonds is 4. The Morgan fingerprint density at radius 3 is 2.50 bits per heavy atom. The van der Waals surface area contributed by atoms with E-state index in [2.05, 4.69) is 19.2 Å². The monoisotopic (exact) mass is 316 g/mol. The Morgan fingerprint density at radius 2 is 1.95 bits per heavy atom. The lowest BCUT2D eigenvalue weighted by molar-refractivity contribution is 0.223. The van der Waals surface area contributed by atoms with Crippen LogP contribution in [0.4, 0.5) is 0 Å². The molecule has 1 N–H and O–H groups in total. The number of nitrogens with one attached hydrogen (secondary N) is 1. The SMILES string of the molecule is CNCc1sc(S(=O)(=O)N2CC(C)CC(C)C2)cc1C. The third-order valence-corrected chi connectivity index (χ3v) is 7.28. The number of thiophene rings is 1. The molecule has 1 aromatic heterocycles. The van der Waals surface area contributed by atoms with E-state index in [1.807, 2.05) is 20.0 Å². The minimum Gasteiger partial charge on any atom is -0.315 e. The fourth-order valence-electron chi connectivity index (χ4n) is 2.88. The highest BCUT2D eigenvalue weighted by Crippen LogP contribution is 2.32. The molecule has 4 nitrogen and oxygen atoms in total. The summed E-state index contributed by atoms with van der Waals surface area (Å²) < 4.78 is 27.7. The maximum Gasteiger partial charge on any atom is 0.252 e. The Hall–Kier alpha value is -0.430. The zero-order valence-corrected chi connectivity index (χ0v) is 14.3. The molecule has 1 fully saturated rings. The molecule has 1 aromatic rings. The Labute approximate surface area is 126 Å². The predicted molar refractivity (Wildman–Crippen MR) is 83.5 cm³/mol. The summed E-state index contributed by atoms with van der Waals surface area (Å²) in [5, 5.41) is 3.09. The lowest BCUT2D eigenvalue weighted by atomic mass is 9.94. The molecule has 20 heavy (non-hydrogen) atoms. The van der Waals surface area contributed by atoms with Crippen LogP contribution in [0.3, 0.4) is 0 Å². The van der Waals surface area contributed by atoms with Crippen LogP contribution in [0, 0.1) is 18.8 Å². The van der Waals surface area contributed by atoms with E-state index in [-0.39, 0.29) is 0 Å². The van der Waals surface area contributed by atoms with Gasteiger partial charge in [-0.05, 0) is 43.9 Å². The largest absolute Gasteiger partial charge is 0.315 e. The maximum absolute atomic E-state index is 12.8. The van der Waals surface area contributed by atoms with Gasteiger partial charge in [-0.3, -0.25) is 0 Å². The number of nitrogens with zero attached hydrogens (tertiary/aromatic N) is 1. The quantitative estimate of drug-likeness (QED) is 0.928. The third-order valence-electron chi connectivity index (χ3n) is 3.76. The third kappa shape index (κ3) is 3.24. The molecule has 1 saturated heterocycles. The molecule has 2 rings (SSSR count). The van der Waals surface area contributed by atoms with Gasteiger partial charge in [0.1, 0.15) is 4.21 Å². The van der Waals surface area contributed by atoms with Gasteiger partial charge < -0.3 is 5.32 Å². The Morgan fingerprint density at radius 1 is 1.35 bits per heavy atom. The van der Waals surface area contributed by atoms with Gasteiger partial charge in [0.05, 0.1) is 0 Å². The van der Waals surface area contributed by atoms with E-state index >= 15 is 0 Å². The highest BCUT2D eigenvalue weighted by molar-refractivity contribution is 7.91. The van der Waals surface area contributed by atoms with Crippen molar-refractivity contribution >= 4 is 21.4 Å². The van der Waals surface area contributed by atoms with Crippen LogP contribution >= 0.6 is 11.3 Å². The molecule has 0 saturated carbocycles. The zero-order chi connectivity index (χ0) is 14.9. The summed E-state index contributed by atoms with van der Waals surface area (Å²) in [6.07, 6.45) is 1.11. The van der Waals surface area contributed by atoms with E-state index in [0.717, 1.165) is 23.4 Å². The number of hydrogen-bond acceptors (Lipinski definition) is 4. The van der Waals surface area contributed by atoms with Crippen molar-refractivity contribution in [2.75, 3.05) is 20.1 Å². The molecule has 114 valence electrons. The van der Waals surface area contributed by atoms with Gasteiger partial charge in [-0.25, -0.2) is 8.42 Å². The molecule has 0 spiro atoms. The molecule has 6 heteroatoms. The first-order chi connectivity index (χ1) is 9.34. The van der Waals surface area contributed by atoms with E-state index in [4.69, 9.17) is 0 Å². The van der Waals surface area contributed by atoms with Gasteiger partial charge in [0.15, 0.2) is 0 Å². The fraction of sp³-hybridized carbons (Fsp3) is 0.714. The maximum atomic E-state index is 12.8. The summed E-state index contributed by atoms with van der Waals surface area (Å²) in [7, 11) is -1.45. The van der Waals surface area contributed by atoms with E-state index in [9.17, 15) is 8.42 Å². The second-order valence-electron chi connectivity index (χ2n) is 5.97. The van der Waals surface area contributed by atoms with Gasteiger partial charge in [0.25, 0.3) is 10.0 Å². The van der Waals surface area contributed by atoms with Crippen LogP contribution in [0.5, 0.6) is 0 Å². The average Bonchev–Trinajstić information content (AvgIpc) is 2.71. The van der Waals surface area contributed by atoms with E-state index < -0.39 is 10.0 Å². The lowest BCUT2D eigenvalue weighted by Crippen LogP contribution is -2.42. The molecule has 2 atom stereocenters. The van der Waals surface area contributed by atoms with Gasteiger partial charge >= 0.3 is 0 Å². The summed E-state index contributed by atoms with van der Waals surface area (Å²) in [6, 6.07) is 1.82. The Bertz CT molecular complexity index is 556. The van der Waals surface area contributed by atoms with Crippen molar-refractivity contribution in [1.82, 2.24) is 9.62 Å². The smallest absolute Gasteiger partial charge is 0.252 e. The normalized spacial score (nSPS) is 25.0. The van der Waals surface area contributed by atoms with Crippen molar-refractivity contribution < 1.29 is 8.42 Å². The molecule has 2 unspecified atom stereocenters. The molecular weight excluding hydrogens is 292 g/mol. The van der Waals surface area contributed by atoms with Gasteiger partial charge in [0.2, 0.25) is 0 Å². The molecule has 2 heterocycles. The second-order valence-corrected chi connectivity index (χ2v) is 9.27. The summed E-state index contributed by atoms with van der Waals surface area (Å²) >= 11 is 1.39. The topological polar surface area (TPSA) is 49.4 Å². The van der Waals surface area contributed by atoms with Crippen LogP contribution in [0.15, 0.2) is 10.3 Å². The van der Waals surface area contributed by atoms with Gasteiger partial charge in [-0.2, -0.15) is 4.31 Å². The lowest BCUT2D eigenvalue weighted by Gasteiger charge is -2.33. The Kier molecular flexibility index (Phi) is 4.89. The zero-order valence-electron chi connectivity index (χ0n) is 12.6. The molecular formula is C14H24N2O2S2. The van der Waals surface area contributed by atoms with Crippen molar-refractivity contribution in [1.29, 1.82) is 0 Å². The minimum absolute atomic E-state index is 0.436. The van der Waals surface area contributed by atoms with Crippen molar-refractivity contribution in [2.45, 2.75) is 37.9 Å². The molecule has 0 amide bonds. The molecule has 0 aromatic carbocycles. The van der Waals surface area contributed by atoms with Crippen LogP contribution in [0.2, 0.25) is 0 Å². The first kappa shape index (κ1) is 15.9. The molecule has 0 bridgehead atoms. The summed E-state index contributed by atoms with van der Waals surface area (Å²) in [5.74, 6) is 0.873. The number of sulfonamides is 1. The number of piperidine rings is 1. The molecule has 1 aliphatic rings. The molecule has 1 aliphatic heterocycles. The Balaban J connectivity index is 2.27. The van der Waals surface area contributed by atoms with Crippen LogP contribution in [-0.4, -0.2) is 32.9 Å². The van der Waals surface area contributed by atoms with Crippen molar-refractivity contribution in [3.05, 3.63) is 16.5 Å². The second kappa shape index (κ2) is 6.13. The van der Waals surface area contributed by atoms with Crippen LogP contribution in [-0.2, 0) is 16.6 Å². The van der Waals surface area contributed by atoms with E-state index in [0.29, 0.717) is 29.1 Å². The summed E-state index contributed by atoms with van der Waals surface area (Å²) in [5.41, 5.74) is 1.06. The van der Waals surface area contributed by atoms with Gasteiger partial charge in [0, 0.05) is 24.5 Å². The van der Waals surface area contributed by atoms with E-state index in [1.54, 1.807) is 4.31 Å². The van der Waals surface area contributed by atoms with E-state index in [1.165, 1.54) is 11.3 Å². The summed E-state index contributed by atoms with van der Waals surface area (Å²) in [4.78, 5) is 1.10. The van der Waals surface area contributed by atoms with Crippen LogP contribution in [0.1, 0.15) is 30.7 Å². The van der Waals surface area contributed by atoms with Gasteiger partial charge in [-0.1, -0.05) is 13.8 Å². The van der Waals surface area contributed by atoms with Crippen LogP contribution < -0.4 is 5.32 Å². The number of hydrogen-bond donors (Lipinski definition) is 1. The first-order valence-corrected chi connectivity index (χ1v) is 9.34. The van der Waals surface area contributed by atoms with Crippen molar-refractivity contribution in [3.8, 4) is 0 Å².